The first-order valence-corrected chi connectivity index (χ1v) is 5.82. The third-order valence-electron chi connectivity index (χ3n) is 2.69. The van der Waals surface area contributed by atoms with Crippen molar-refractivity contribution < 1.29 is 4.79 Å². The number of rotatable bonds is 3. The molecule has 0 fully saturated rings. The third-order valence-corrected chi connectivity index (χ3v) is 2.69. The van der Waals surface area contributed by atoms with Crippen LogP contribution >= 0.6 is 0 Å². The summed E-state index contributed by atoms with van der Waals surface area (Å²) in [6, 6.07) is 6.05. The lowest BCUT2D eigenvalue weighted by molar-refractivity contribution is -0.116. The zero-order valence-electron chi connectivity index (χ0n) is 9.84. The Bertz CT molecular complexity index is 399. The lowest BCUT2D eigenvalue weighted by Gasteiger charge is -2.08. The second-order valence-electron chi connectivity index (χ2n) is 4.69. The molecule has 0 saturated carbocycles. The molecule has 0 spiro atoms. The van der Waals surface area contributed by atoms with Crippen molar-refractivity contribution in [2.45, 2.75) is 26.7 Å². The van der Waals surface area contributed by atoms with Gasteiger partial charge in [0.25, 0.3) is 0 Å². The number of carbonyl (C=O) groups is 1. The van der Waals surface area contributed by atoms with Gasteiger partial charge in [0.15, 0.2) is 0 Å². The van der Waals surface area contributed by atoms with E-state index in [1.165, 1.54) is 11.3 Å². The fourth-order valence-electron chi connectivity index (χ4n) is 1.97. The Kier molecular flexibility index (Phi) is 3.13. The summed E-state index contributed by atoms with van der Waals surface area (Å²) in [5.41, 5.74) is 3.40. The Hall–Kier alpha value is -1.51. The third kappa shape index (κ3) is 2.54. The van der Waals surface area contributed by atoms with Crippen LogP contribution in [0.2, 0.25) is 0 Å². The predicted octanol–water partition coefficient (Wildman–Crippen LogP) is 2.64. The summed E-state index contributed by atoms with van der Waals surface area (Å²) in [5.74, 6) is 0.497. The zero-order chi connectivity index (χ0) is 11.5. The second-order valence-corrected chi connectivity index (χ2v) is 4.69. The van der Waals surface area contributed by atoms with Gasteiger partial charge in [-0.25, -0.2) is 0 Å². The number of anilines is 2. The molecule has 3 nitrogen and oxygen atoms in total. The molecule has 1 aliphatic rings. The molecule has 86 valence electrons. The van der Waals surface area contributed by atoms with Crippen molar-refractivity contribution >= 4 is 17.3 Å². The van der Waals surface area contributed by atoms with Crippen LogP contribution in [0.3, 0.4) is 0 Å². The fourth-order valence-corrected chi connectivity index (χ4v) is 1.97. The highest BCUT2D eigenvalue weighted by atomic mass is 16.1. The van der Waals surface area contributed by atoms with Crippen molar-refractivity contribution in [1.29, 1.82) is 0 Å². The average Bonchev–Trinajstić information content (AvgIpc) is 2.63. The van der Waals surface area contributed by atoms with Gasteiger partial charge in [0.2, 0.25) is 5.91 Å². The van der Waals surface area contributed by atoms with E-state index in [1.54, 1.807) is 0 Å². The van der Waals surface area contributed by atoms with Gasteiger partial charge in [0.05, 0.1) is 0 Å². The molecule has 0 unspecified atom stereocenters. The molecule has 1 aromatic carbocycles. The topological polar surface area (TPSA) is 41.1 Å². The maximum Gasteiger partial charge on any atom is 0.224 e. The largest absolute Gasteiger partial charge is 0.384 e. The first-order valence-electron chi connectivity index (χ1n) is 5.82. The van der Waals surface area contributed by atoms with Crippen molar-refractivity contribution in [3.63, 3.8) is 0 Å². The van der Waals surface area contributed by atoms with E-state index in [2.05, 4.69) is 16.7 Å². The Balaban J connectivity index is 2.02. The van der Waals surface area contributed by atoms with Gasteiger partial charge >= 0.3 is 0 Å². The van der Waals surface area contributed by atoms with Gasteiger partial charge in [-0.3, -0.25) is 4.79 Å². The number of benzene rings is 1. The van der Waals surface area contributed by atoms with Gasteiger partial charge in [-0.15, -0.1) is 0 Å². The van der Waals surface area contributed by atoms with Gasteiger partial charge in [-0.05, 0) is 36.1 Å². The fraction of sp³-hybridized carbons (Fsp3) is 0.462. The van der Waals surface area contributed by atoms with E-state index in [-0.39, 0.29) is 5.91 Å². The lowest BCUT2D eigenvalue weighted by Crippen LogP contribution is -2.13. The van der Waals surface area contributed by atoms with E-state index >= 15 is 0 Å². The van der Waals surface area contributed by atoms with Crippen LogP contribution in [0.1, 0.15) is 25.8 Å². The molecule has 0 aromatic heterocycles. The van der Waals surface area contributed by atoms with Crippen molar-refractivity contribution in [2.75, 3.05) is 17.2 Å². The van der Waals surface area contributed by atoms with Gasteiger partial charge < -0.3 is 10.6 Å². The summed E-state index contributed by atoms with van der Waals surface area (Å²) >= 11 is 0. The molecule has 3 heteroatoms. The summed E-state index contributed by atoms with van der Waals surface area (Å²) in [6.07, 6.45) is 1.62. The molecule has 0 radical (unpaired) electrons. The van der Waals surface area contributed by atoms with E-state index in [0.717, 1.165) is 18.7 Å². The van der Waals surface area contributed by atoms with Crippen LogP contribution in [0.4, 0.5) is 11.4 Å². The number of fused-ring (bicyclic) bond motifs is 1. The van der Waals surface area contributed by atoms with Gasteiger partial charge in [-0.1, -0.05) is 13.8 Å². The summed E-state index contributed by atoms with van der Waals surface area (Å²) < 4.78 is 0. The minimum Gasteiger partial charge on any atom is -0.384 e. The smallest absolute Gasteiger partial charge is 0.224 e. The van der Waals surface area contributed by atoms with Crippen molar-refractivity contribution in [2.24, 2.45) is 5.92 Å². The molecule has 1 aliphatic heterocycles. The number of hydrogen-bond donors (Lipinski definition) is 2. The van der Waals surface area contributed by atoms with Crippen molar-refractivity contribution in [3.05, 3.63) is 23.8 Å². The molecule has 2 N–H and O–H groups in total. The number of amides is 1. The molecular formula is C13H18N2O. The van der Waals surface area contributed by atoms with Crippen LogP contribution in [-0.2, 0) is 11.2 Å². The zero-order valence-corrected chi connectivity index (χ0v) is 9.84. The van der Waals surface area contributed by atoms with Crippen LogP contribution in [0, 0.1) is 5.92 Å². The quantitative estimate of drug-likeness (QED) is 0.819. The van der Waals surface area contributed by atoms with Gasteiger partial charge in [0, 0.05) is 24.3 Å². The summed E-state index contributed by atoms with van der Waals surface area (Å²) in [6.45, 7) is 5.09. The van der Waals surface area contributed by atoms with Crippen LogP contribution in [0.25, 0.3) is 0 Å². The number of hydrogen-bond acceptors (Lipinski definition) is 2. The first-order chi connectivity index (χ1) is 7.65. The van der Waals surface area contributed by atoms with E-state index in [1.807, 2.05) is 26.0 Å². The maximum atomic E-state index is 11.6. The van der Waals surface area contributed by atoms with E-state index in [0.29, 0.717) is 12.3 Å². The van der Waals surface area contributed by atoms with Crippen molar-refractivity contribution in [3.8, 4) is 0 Å². The normalized spacial score (nSPS) is 13.4. The standard InChI is InChI=1S/C13H18N2O/c1-9(2)7-13(16)15-11-3-4-12-10(8-11)5-6-14-12/h3-4,8-9,14H,5-7H2,1-2H3,(H,15,16). The van der Waals surface area contributed by atoms with E-state index in [9.17, 15) is 4.79 Å². The molecule has 1 heterocycles. The molecule has 1 aromatic rings. The van der Waals surface area contributed by atoms with E-state index < -0.39 is 0 Å². The lowest BCUT2D eigenvalue weighted by atomic mass is 10.1. The minimum absolute atomic E-state index is 0.0981. The Labute approximate surface area is 96.2 Å². The predicted molar refractivity (Wildman–Crippen MR) is 66.7 cm³/mol. The number of carbonyl (C=O) groups excluding carboxylic acids is 1. The molecule has 0 saturated heterocycles. The number of nitrogens with one attached hydrogen (secondary N) is 2. The molecule has 16 heavy (non-hydrogen) atoms. The highest BCUT2D eigenvalue weighted by Gasteiger charge is 2.11. The Morgan fingerprint density at radius 3 is 3.06 bits per heavy atom. The first kappa shape index (κ1) is 11.0. The Morgan fingerprint density at radius 2 is 2.31 bits per heavy atom. The highest BCUT2D eigenvalue weighted by Crippen LogP contribution is 2.25. The van der Waals surface area contributed by atoms with Gasteiger partial charge in [0.1, 0.15) is 0 Å². The Morgan fingerprint density at radius 1 is 1.50 bits per heavy atom. The van der Waals surface area contributed by atoms with Crippen LogP contribution in [-0.4, -0.2) is 12.5 Å². The van der Waals surface area contributed by atoms with Crippen LogP contribution in [0.5, 0.6) is 0 Å². The summed E-state index contributed by atoms with van der Waals surface area (Å²) in [4.78, 5) is 11.6. The second kappa shape index (κ2) is 4.56. The summed E-state index contributed by atoms with van der Waals surface area (Å²) in [5, 5.41) is 6.24. The van der Waals surface area contributed by atoms with Gasteiger partial charge in [-0.2, -0.15) is 0 Å². The van der Waals surface area contributed by atoms with E-state index in [4.69, 9.17) is 0 Å². The molecule has 0 atom stereocenters. The maximum absolute atomic E-state index is 11.6. The molecular weight excluding hydrogens is 200 g/mol. The molecule has 0 bridgehead atoms. The minimum atomic E-state index is 0.0981. The SMILES string of the molecule is CC(C)CC(=O)Nc1ccc2c(c1)CCN2. The highest BCUT2D eigenvalue weighted by molar-refractivity contribution is 5.91. The average molecular weight is 218 g/mol. The molecule has 0 aliphatic carbocycles. The molecule has 2 rings (SSSR count). The summed E-state index contributed by atoms with van der Waals surface area (Å²) in [7, 11) is 0. The molecule has 1 amide bonds. The monoisotopic (exact) mass is 218 g/mol. The van der Waals surface area contributed by atoms with Crippen LogP contribution < -0.4 is 10.6 Å². The van der Waals surface area contributed by atoms with Crippen LogP contribution in [0.15, 0.2) is 18.2 Å². The van der Waals surface area contributed by atoms with Crippen molar-refractivity contribution in [1.82, 2.24) is 0 Å².